The molecule has 0 aromatic heterocycles. The SMILES string of the molecule is CNCCc1cc(F)c(C)c(Cl)c1C. The van der Waals surface area contributed by atoms with Crippen LogP contribution >= 0.6 is 11.6 Å². The van der Waals surface area contributed by atoms with E-state index < -0.39 is 0 Å². The molecule has 1 N–H and O–H groups in total. The van der Waals surface area contributed by atoms with Crippen LogP contribution in [0.1, 0.15) is 16.7 Å². The Hall–Kier alpha value is -0.600. The molecule has 1 nitrogen and oxygen atoms in total. The molecule has 1 aromatic rings. The van der Waals surface area contributed by atoms with Crippen molar-refractivity contribution in [3.05, 3.63) is 33.6 Å². The Labute approximate surface area is 89.3 Å². The lowest BCUT2D eigenvalue weighted by Gasteiger charge is -2.10. The van der Waals surface area contributed by atoms with Gasteiger partial charge in [-0.25, -0.2) is 4.39 Å². The number of rotatable bonds is 3. The third-order valence-corrected chi connectivity index (χ3v) is 3.01. The van der Waals surface area contributed by atoms with E-state index in [0.29, 0.717) is 10.6 Å². The first-order chi connectivity index (χ1) is 6.57. The Morgan fingerprint density at radius 1 is 1.36 bits per heavy atom. The molecular weight excluding hydrogens is 201 g/mol. The third-order valence-electron chi connectivity index (χ3n) is 2.44. The second kappa shape index (κ2) is 4.76. The molecule has 0 radical (unpaired) electrons. The van der Waals surface area contributed by atoms with E-state index in [9.17, 15) is 4.39 Å². The minimum Gasteiger partial charge on any atom is -0.319 e. The van der Waals surface area contributed by atoms with Crippen LogP contribution < -0.4 is 5.32 Å². The smallest absolute Gasteiger partial charge is 0.127 e. The fraction of sp³-hybridized carbons (Fsp3) is 0.455. The van der Waals surface area contributed by atoms with E-state index in [1.807, 2.05) is 14.0 Å². The quantitative estimate of drug-likeness (QED) is 0.818. The van der Waals surface area contributed by atoms with Crippen LogP contribution in [0.3, 0.4) is 0 Å². The van der Waals surface area contributed by atoms with Crippen LogP contribution in [0.15, 0.2) is 6.07 Å². The molecule has 1 rings (SSSR count). The van der Waals surface area contributed by atoms with Crippen molar-refractivity contribution in [1.82, 2.24) is 5.32 Å². The highest BCUT2D eigenvalue weighted by molar-refractivity contribution is 6.32. The number of likely N-dealkylation sites (N-methyl/N-ethyl adjacent to an activating group) is 1. The second-order valence-electron chi connectivity index (χ2n) is 3.44. The van der Waals surface area contributed by atoms with Gasteiger partial charge in [0, 0.05) is 10.6 Å². The molecule has 0 aliphatic carbocycles. The topological polar surface area (TPSA) is 12.0 Å². The first-order valence-corrected chi connectivity index (χ1v) is 5.04. The first kappa shape index (κ1) is 11.5. The Balaban J connectivity index is 3.06. The van der Waals surface area contributed by atoms with E-state index in [1.165, 1.54) is 0 Å². The van der Waals surface area contributed by atoms with E-state index >= 15 is 0 Å². The van der Waals surface area contributed by atoms with Crippen LogP contribution in [0.25, 0.3) is 0 Å². The van der Waals surface area contributed by atoms with Crippen LogP contribution in [0.2, 0.25) is 5.02 Å². The summed E-state index contributed by atoms with van der Waals surface area (Å²) in [5, 5.41) is 3.58. The fourth-order valence-corrected chi connectivity index (χ4v) is 1.63. The molecule has 0 aliphatic heterocycles. The Bertz CT molecular complexity index is 337. The van der Waals surface area contributed by atoms with Crippen molar-refractivity contribution >= 4 is 11.6 Å². The highest BCUT2D eigenvalue weighted by Crippen LogP contribution is 2.26. The van der Waals surface area contributed by atoms with Gasteiger partial charge in [-0.1, -0.05) is 11.6 Å². The molecule has 0 atom stereocenters. The molecule has 0 bridgehead atoms. The fourth-order valence-electron chi connectivity index (χ4n) is 1.42. The van der Waals surface area contributed by atoms with E-state index in [2.05, 4.69) is 5.32 Å². The van der Waals surface area contributed by atoms with Crippen LogP contribution in [-0.2, 0) is 6.42 Å². The minimum absolute atomic E-state index is 0.216. The molecule has 0 fully saturated rings. The molecule has 14 heavy (non-hydrogen) atoms. The third kappa shape index (κ3) is 2.25. The maximum absolute atomic E-state index is 13.3. The Morgan fingerprint density at radius 3 is 2.57 bits per heavy atom. The summed E-state index contributed by atoms with van der Waals surface area (Å²) in [7, 11) is 1.88. The summed E-state index contributed by atoms with van der Waals surface area (Å²) in [6, 6.07) is 1.58. The summed E-state index contributed by atoms with van der Waals surface area (Å²) in [6.45, 7) is 4.46. The summed E-state index contributed by atoms with van der Waals surface area (Å²) in [5.74, 6) is -0.216. The monoisotopic (exact) mass is 215 g/mol. The predicted octanol–water partition coefficient (Wildman–Crippen LogP) is 2.86. The summed E-state index contributed by atoms with van der Waals surface area (Å²) in [6.07, 6.45) is 0.805. The molecule has 0 spiro atoms. The van der Waals surface area contributed by atoms with Gasteiger partial charge in [-0.2, -0.15) is 0 Å². The molecule has 0 unspecified atom stereocenters. The summed E-state index contributed by atoms with van der Waals surface area (Å²) >= 11 is 6.01. The number of halogens is 2. The van der Waals surface area contributed by atoms with Crippen molar-refractivity contribution in [3.8, 4) is 0 Å². The van der Waals surface area contributed by atoms with Gasteiger partial charge in [0.25, 0.3) is 0 Å². The lowest BCUT2D eigenvalue weighted by molar-refractivity contribution is 0.614. The van der Waals surface area contributed by atoms with Crippen LogP contribution in [0, 0.1) is 19.7 Å². The maximum Gasteiger partial charge on any atom is 0.127 e. The lowest BCUT2D eigenvalue weighted by atomic mass is 10.0. The molecular formula is C11H15ClFN. The Morgan fingerprint density at radius 2 is 2.00 bits per heavy atom. The van der Waals surface area contributed by atoms with Crippen LogP contribution in [-0.4, -0.2) is 13.6 Å². The minimum atomic E-state index is -0.216. The zero-order chi connectivity index (χ0) is 10.7. The van der Waals surface area contributed by atoms with E-state index in [-0.39, 0.29) is 5.82 Å². The zero-order valence-corrected chi connectivity index (χ0v) is 9.50. The molecule has 0 saturated carbocycles. The van der Waals surface area contributed by atoms with Crippen molar-refractivity contribution in [2.75, 3.05) is 13.6 Å². The highest BCUT2D eigenvalue weighted by atomic mass is 35.5. The molecule has 78 valence electrons. The largest absolute Gasteiger partial charge is 0.319 e. The molecule has 3 heteroatoms. The average Bonchev–Trinajstić information content (AvgIpc) is 2.18. The number of benzene rings is 1. The summed E-state index contributed by atoms with van der Waals surface area (Å²) < 4.78 is 13.3. The Kier molecular flexibility index (Phi) is 3.90. The molecule has 0 heterocycles. The standard InChI is InChI=1S/C11H15ClFN/c1-7-9(4-5-14-3)6-10(13)8(2)11(7)12/h6,14H,4-5H2,1-3H3. The maximum atomic E-state index is 13.3. The van der Waals surface area contributed by atoms with Gasteiger partial charge >= 0.3 is 0 Å². The van der Waals surface area contributed by atoms with Gasteiger partial charge in [-0.15, -0.1) is 0 Å². The predicted molar refractivity (Wildman–Crippen MR) is 58.5 cm³/mol. The van der Waals surface area contributed by atoms with Gasteiger partial charge in [0.05, 0.1) is 0 Å². The first-order valence-electron chi connectivity index (χ1n) is 4.66. The van der Waals surface area contributed by atoms with Gasteiger partial charge in [0.2, 0.25) is 0 Å². The molecule has 1 aromatic carbocycles. The van der Waals surface area contributed by atoms with E-state index in [1.54, 1.807) is 13.0 Å². The average molecular weight is 216 g/mol. The normalized spacial score (nSPS) is 10.6. The second-order valence-corrected chi connectivity index (χ2v) is 3.81. The van der Waals surface area contributed by atoms with Crippen LogP contribution in [0.4, 0.5) is 4.39 Å². The van der Waals surface area contributed by atoms with Crippen molar-refractivity contribution in [2.24, 2.45) is 0 Å². The zero-order valence-electron chi connectivity index (χ0n) is 8.75. The number of hydrogen-bond donors (Lipinski definition) is 1. The van der Waals surface area contributed by atoms with Gasteiger partial charge in [0.1, 0.15) is 5.82 Å². The van der Waals surface area contributed by atoms with Crippen molar-refractivity contribution in [3.63, 3.8) is 0 Å². The van der Waals surface area contributed by atoms with Crippen molar-refractivity contribution in [2.45, 2.75) is 20.3 Å². The van der Waals surface area contributed by atoms with Crippen molar-refractivity contribution < 1.29 is 4.39 Å². The van der Waals surface area contributed by atoms with Gasteiger partial charge in [-0.05, 0) is 51.1 Å². The van der Waals surface area contributed by atoms with Gasteiger partial charge in [-0.3, -0.25) is 0 Å². The van der Waals surface area contributed by atoms with Gasteiger partial charge < -0.3 is 5.32 Å². The number of hydrogen-bond acceptors (Lipinski definition) is 1. The molecule has 0 aliphatic rings. The van der Waals surface area contributed by atoms with Crippen LogP contribution in [0.5, 0.6) is 0 Å². The summed E-state index contributed by atoms with van der Waals surface area (Å²) in [5.41, 5.74) is 2.51. The van der Waals surface area contributed by atoms with Crippen molar-refractivity contribution in [1.29, 1.82) is 0 Å². The van der Waals surface area contributed by atoms with E-state index in [0.717, 1.165) is 24.1 Å². The number of nitrogens with one attached hydrogen (secondary N) is 1. The summed E-state index contributed by atoms with van der Waals surface area (Å²) in [4.78, 5) is 0. The van der Waals surface area contributed by atoms with E-state index in [4.69, 9.17) is 11.6 Å². The van der Waals surface area contributed by atoms with Gasteiger partial charge in [0.15, 0.2) is 0 Å². The molecule has 0 saturated heterocycles. The lowest BCUT2D eigenvalue weighted by Crippen LogP contribution is -2.11. The molecule has 0 amide bonds. The highest BCUT2D eigenvalue weighted by Gasteiger charge is 2.10.